The zero-order chi connectivity index (χ0) is 15.1. The maximum atomic E-state index is 12.1. The molecule has 0 aliphatic carbocycles. The van der Waals surface area contributed by atoms with Crippen molar-refractivity contribution < 1.29 is 14.6 Å². The lowest BCUT2D eigenvalue weighted by molar-refractivity contribution is 0.0296. The number of aromatic hydroxyl groups is 1. The summed E-state index contributed by atoms with van der Waals surface area (Å²) in [5.41, 5.74) is 9.93. The number of esters is 1. The standard InChI is InChI=1S/C17H17NO3/c1-9-7-14(11-3-5-12(18)6-4-11)16(19)15-13(9)8-10(2)21-17(15)20/h3-7,10,19H,8,18H2,1-2H3/t10-/m1/s1. The molecule has 21 heavy (non-hydrogen) atoms. The number of cyclic esters (lactones) is 1. The topological polar surface area (TPSA) is 72.6 Å². The van der Waals surface area contributed by atoms with Gasteiger partial charge in [-0.25, -0.2) is 4.79 Å². The molecule has 1 atom stereocenters. The molecule has 0 bridgehead atoms. The maximum absolute atomic E-state index is 12.1. The molecule has 2 aromatic carbocycles. The quantitative estimate of drug-likeness (QED) is 0.623. The molecule has 0 spiro atoms. The Morgan fingerprint density at radius 2 is 1.95 bits per heavy atom. The first-order valence-electron chi connectivity index (χ1n) is 6.89. The van der Waals surface area contributed by atoms with Crippen molar-refractivity contribution in [1.29, 1.82) is 0 Å². The van der Waals surface area contributed by atoms with E-state index in [0.717, 1.165) is 16.7 Å². The van der Waals surface area contributed by atoms with Crippen LogP contribution >= 0.6 is 0 Å². The van der Waals surface area contributed by atoms with Gasteiger partial charge in [0.05, 0.1) is 0 Å². The number of carbonyl (C=O) groups is 1. The Labute approximate surface area is 123 Å². The summed E-state index contributed by atoms with van der Waals surface area (Å²) >= 11 is 0. The van der Waals surface area contributed by atoms with Crippen molar-refractivity contribution in [3.63, 3.8) is 0 Å². The van der Waals surface area contributed by atoms with Gasteiger partial charge in [0.15, 0.2) is 0 Å². The van der Waals surface area contributed by atoms with E-state index < -0.39 is 5.97 Å². The van der Waals surface area contributed by atoms with Gasteiger partial charge in [-0.2, -0.15) is 0 Å². The van der Waals surface area contributed by atoms with E-state index in [1.807, 2.05) is 32.0 Å². The van der Waals surface area contributed by atoms with Gasteiger partial charge in [0.1, 0.15) is 17.4 Å². The van der Waals surface area contributed by atoms with Crippen LogP contribution in [0.25, 0.3) is 11.1 Å². The summed E-state index contributed by atoms with van der Waals surface area (Å²) in [6.45, 7) is 3.80. The van der Waals surface area contributed by atoms with Crippen LogP contribution in [0.15, 0.2) is 30.3 Å². The summed E-state index contributed by atoms with van der Waals surface area (Å²) in [6, 6.07) is 9.10. The number of hydrogen-bond donors (Lipinski definition) is 2. The van der Waals surface area contributed by atoms with Crippen LogP contribution in [0.3, 0.4) is 0 Å². The molecule has 0 saturated heterocycles. The minimum atomic E-state index is -0.457. The number of carbonyl (C=O) groups excluding carboxylic acids is 1. The van der Waals surface area contributed by atoms with Crippen molar-refractivity contribution >= 4 is 11.7 Å². The van der Waals surface area contributed by atoms with Crippen LogP contribution < -0.4 is 5.73 Å². The lowest BCUT2D eigenvalue weighted by Gasteiger charge is -2.25. The number of benzene rings is 2. The first-order chi connectivity index (χ1) is 9.97. The highest BCUT2D eigenvalue weighted by Crippen LogP contribution is 2.39. The van der Waals surface area contributed by atoms with E-state index in [4.69, 9.17) is 10.5 Å². The molecule has 0 unspecified atom stereocenters. The highest BCUT2D eigenvalue weighted by molar-refractivity contribution is 5.98. The molecule has 3 rings (SSSR count). The molecule has 108 valence electrons. The van der Waals surface area contributed by atoms with Crippen molar-refractivity contribution in [2.24, 2.45) is 0 Å². The molecule has 1 aliphatic rings. The number of anilines is 1. The van der Waals surface area contributed by atoms with Crippen LogP contribution in [0.4, 0.5) is 5.69 Å². The van der Waals surface area contributed by atoms with Gasteiger partial charge in [0.2, 0.25) is 0 Å². The second-order valence-corrected chi connectivity index (χ2v) is 5.49. The second-order valence-electron chi connectivity index (χ2n) is 5.49. The van der Waals surface area contributed by atoms with Gasteiger partial charge < -0.3 is 15.6 Å². The Kier molecular flexibility index (Phi) is 3.09. The number of aryl methyl sites for hydroxylation is 1. The normalized spacial score (nSPS) is 17.2. The summed E-state index contributed by atoms with van der Waals surface area (Å²) in [4.78, 5) is 12.1. The molecule has 0 fully saturated rings. The van der Waals surface area contributed by atoms with E-state index in [1.54, 1.807) is 12.1 Å². The predicted octanol–water partition coefficient (Wildman–Crippen LogP) is 3.05. The lowest BCUT2D eigenvalue weighted by atomic mass is 9.89. The van der Waals surface area contributed by atoms with E-state index in [0.29, 0.717) is 23.2 Å². The molecule has 0 amide bonds. The fraction of sp³-hybridized carbons (Fsp3) is 0.235. The summed E-state index contributed by atoms with van der Waals surface area (Å²) in [7, 11) is 0. The molecule has 1 heterocycles. The van der Waals surface area contributed by atoms with E-state index in [2.05, 4.69) is 0 Å². The van der Waals surface area contributed by atoms with Crippen LogP contribution in [0.5, 0.6) is 5.75 Å². The van der Waals surface area contributed by atoms with Gasteiger partial charge in [-0.15, -0.1) is 0 Å². The second kappa shape index (κ2) is 4.81. The van der Waals surface area contributed by atoms with Crippen LogP contribution in [0.1, 0.15) is 28.4 Å². The van der Waals surface area contributed by atoms with Gasteiger partial charge in [0.25, 0.3) is 0 Å². The third-order valence-corrected chi connectivity index (χ3v) is 3.86. The van der Waals surface area contributed by atoms with E-state index in [9.17, 15) is 9.90 Å². The zero-order valence-electron chi connectivity index (χ0n) is 12.0. The highest BCUT2D eigenvalue weighted by Gasteiger charge is 2.30. The fourth-order valence-electron chi connectivity index (χ4n) is 2.78. The largest absolute Gasteiger partial charge is 0.506 e. The molecule has 3 N–H and O–H groups in total. The Hall–Kier alpha value is -2.49. The molecule has 4 nitrogen and oxygen atoms in total. The lowest BCUT2D eigenvalue weighted by Crippen LogP contribution is -2.26. The maximum Gasteiger partial charge on any atom is 0.342 e. The summed E-state index contributed by atoms with van der Waals surface area (Å²) in [6.07, 6.45) is 0.466. The molecule has 0 aromatic heterocycles. The van der Waals surface area contributed by atoms with Crippen molar-refractivity contribution in [3.8, 4) is 16.9 Å². The van der Waals surface area contributed by atoms with Gasteiger partial charge in [-0.05, 0) is 48.7 Å². The van der Waals surface area contributed by atoms with Crippen molar-refractivity contribution in [2.45, 2.75) is 26.4 Å². The van der Waals surface area contributed by atoms with Gasteiger partial charge in [-0.3, -0.25) is 0 Å². The van der Waals surface area contributed by atoms with Crippen LogP contribution in [-0.4, -0.2) is 17.2 Å². The molecular formula is C17H17NO3. The minimum absolute atomic E-state index is 0.0164. The zero-order valence-corrected chi connectivity index (χ0v) is 12.0. The summed E-state index contributed by atoms with van der Waals surface area (Å²) in [5.74, 6) is -0.473. The van der Waals surface area contributed by atoms with Gasteiger partial charge in [-0.1, -0.05) is 12.1 Å². The smallest absolute Gasteiger partial charge is 0.342 e. The number of ether oxygens (including phenoxy) is 1. The van der Waals surface area contributed by atoms with Crippen molar-refractivity contribution in [3.05, 3.63) is 47.0 Å². The molecule has 1 aliphatic heterocycles. The van der Waals surface area contributed by atoms with Crippen LogP contribution in [0, 0.1) is 6.92 Å². The molecular weight excluding hydrogens is 266 g/mol. The first kappa shape index (κ1) is 13.5. The van der Waals surface area contributed by atoms with Gasteiger partial charge in [0, 0.05) is 17.7 Å². The summed E-state index contributed by atoms with van der Waals surface area (Å²) < 4.78 is 5.24. The number of fused-ring (bicyclic) bond motifs is 1. The Bertz CT molecular complexity index is 720. The van der Waals surface area contributed by atoms with E-state index >= 15 is 0 Å². The number of hydrogen-bond acceptors (Lipinski definition) is 4. The number of nitrogens with two attached hydrogens (primary N) is 1. The van der Waals surface area contributed by atoms with E-state index in [-0.39, 0.29) is 11.9 Å². The van der Waals surface area contributed by atoms with Crippen LogP contribution in [0.2, 0.25) is 0 Å². The predicted molar refractivity (Wildman–Crippen MR) is 81.3 cm³/mol. The van der Waals surface area contributed by atoms with Crippen molar-refractivity contribution in [2.75, 3.05) is 5.73 Å². The molecule has 4 heteroatoms. The molecule has 0 saturated carbocycles. The average molecular weight is 283 g/mol. The van der Waals surface area contributed by atoms with E-state index in [1.165, 1.54) is 0 Å². The third-order valence-electron chi connectivity index (χ3n) is 3.86. The number of nitrogen functional groups attached to an aromatic ring is 1. The minimum Gasteiger partial charge on any atom is -0.506 e. The fourth-order valence-corrected chi connectivity index (χ4v) is 2.78. The molecule has 2 aromatic rings. The Morgan fingerprint density at radius 3 is 2.62 bits per heavy atom. The third kappa shape index (κ3) is 2.23. The first-order valence-corrected chi connectivity index (χ1v) is 6.89. The van der Waals surface area contributed by atoms with Crippen LogP contribution in [-0.2, 0) is 11.2 Å². The Morgan fingerprint density at radius 1 is 1.29 bits per heavy atom. The highest BCUT2D eigenvalue weighted by atomic mass is 16.5. The van der Waals surface area contributed by atoms with Crippen molar-refractivity contribution in [1.82, 2.24) is 0 Å². The monoisotopic (exact) mass is 283 g/mol. The Balaban J connectivity index is 2.21. The summed E-state index contributed by atoms with van der Waals surface area (Å²) in [5, 5.41) is 10.5. The SMILES string of the molecule is Cc1cc(-c2ccc(N)cc2)c(O)c2c1C[C@@H](C)OC2=O. The average Bonchev–Trinajstić information content (AvgIpc) is 2.43. The van der Waals surface area contributed by atoms with Gasteiger partial charge >= 0.3 is 5.97 Å². The number of phenolic OH excluding ortho intramolecular Hbond substituents is 1. The number of phenols is 1. The number of rotatable bonds is 1. The molecule has 0 radical (unpaired) electrons.